The van der Waals surface area contributed by atoms with Crippen LogP contribution >= 0.6 is 0 Å². The van der Waals surface area contributed by atoms with Gasteiger partial charge in [0.15, 0.2) is 0 Å². The Balaban J connectivity index is 1.59. The van der Waals surface area contributed by atoms with Crippen LogP contribution in [0.15, 0.2) is 73.1 Å². The molecule has 0 aliphatic carbocycles. The van der Waals surface area contributed by atoms with E-state index >= 15 is 0 Å². The van der Waals surface area contributed by atoms with E-state index in [1.54, 1.807) is 30.6 Å². The van der Waals surface area contributed by atoms with E-state index in [0.29, 0.717) is 28.1 Å². The van der Waals surface area contributed by atoms with Crippen LogP contribution in [0.3, 0.4) is 0 Å². The van der Waals surface area contributed by atoms with Gasteiger partial charge in [0.05, 0.1) is 42.0 Å². The van der Waals surface area contributed by atoms with Crippen molar-refractivity contribution in [2.45, 2.75) is 20.4 Å². The zero-order chi connectivity index (χ0) is 26.6. The second-order valence-electron chi connectivity index (χ2n) is 9.07. The first-order chi connectivity index (χ1) is 18.5. The topological polar surface area (TPSA) is 96.5 Å². The summed E-state index contributed by atoms with van der Waals surface area (Å²) in [4.78, 5) is 27.8. The van der Waals surface area contributed by atoms with Crippen molar-refractivity contribution in [3.63, 3.8) is 0 Å². The fourth-order valence-corrected chi connectivity index (χ4v) is 4.64. The number of carbonyl (C=O) groups excluding carboxylic acids is 2. The maximum Gasteiger partial charge on any atom is 0.337 e. The van der Waals surface area contributed by atoms with Gasteiger partial charge in [0.25, 0.3) is 5.91 Å². The number of nitrogens with one attached hydrogen (secondary N) is 2. The number of amides is 1. The standard InChI is InChI=1S/C30H29N5O3/c1-4-35(5-2)18-19-6-11-24(12-7-19)33-28(20-8-9-22-16-31-32-17-23(22)14-20)27-25-13-10-21(30(37)38-3)15-26(25)34-29(27)36/h6-17,33H,4-5,18H2,1-3H3,(H,34,36)/b28-27-. The van der Waals surface area contributed by atoms with E-state index in [4.69, 9.17) is 4.74 Å². The van der Waals surface area contributed by atoms with Crippen LogP contribution in [0, 0.1) is 0 Å². The summed E-state index contributed by atoms with van der Waals surface area (Å²) >= 11 is 0. The highest BCUT2D eigenvalue weighted by Crippen LogP contribution is 2.38. The Morgan fingerprint density at radius 2 is 1.63 bits per heavy atom. The van der Waals surface area contributed by atoms with Gasteiger partial charge in [-0.25, -0.2) is 4.79 Å². The summed E-state index contributed by atoms with van der Waals surface area (Å²) in [6.45, 7) is 7.18. The molecule has 8 nitrogen and oxygen atoms in total. The van der Waals surface area contributed by atoms with Gasteiger partial charge >= 0.3 is 5.97 Å². The monoisotopic (exact) mass is 507 g/mol. The number of esters is 1. The molecule has 1 amide bonds. The smallest absolute Gasteiger partial charge is 0.337 e. The summed E-state index contributed by atoms with van der Waals surface area (Å²) in [6, 6.07) is 19.3. The van der Waals surface area contributed by atoms with Crippen LogP contribution < -0.4 is 10.6 Å². The molecule has 8 heteroatoms. The number of anilines is 2. The first-order valence-corrected chi connectivity index (χ1v) is 12.6. The van der Waals surface area contributed by atoms with Crippen molar-refractivity contribution in [3.8, 4) is 0 Å². The summed E-state index contributed by atoms with van der Waals surface area (Å²) in [5.41, 5.74) is 5.69. The van der Waals surface area contributed by atoms with Gasteiger partial charge in [-0.3, -0.25) is 9.69 Å². The van der Waals surface area contributed by atoms with Crippen molar-refractivity contribution < 1.29 is 14.3 Å². The van der Waals surface area contributed by atoms with Crippen molar-refractivity contribution in [2.24, 2.45) is 0 Å². The molecule has 1 aromatic heterocycles. The van der Waals surface area contributed by atoms with Gasteiger partial charge in [-0.05, 0) is 54.5 Å². The molecule has 38 heavy (non-hydrogen) atoms. The molecule has 0 saturated carbocycles. The lowest BCUT2D eigenvalue weighted by atomic mass is 9.98. The van der Waals surface area contributed by atoms with Gasteiger partial charge < -0.3 is 15.4 Å². The minimum Gasteiger partial charge on any atom is -0.465 e. The number of hydrogen-bond acceptors (Lipinski definition) is 7. The second-order valence-corrected chi connectivity index (χ2v) is 9.07. The van der Waals surface area contributed by atoms with E-state index in [9.17, 15) is 9.59 Å². The van der Waals surface area contributed by atoms with Gasteiger partial charge in [0.1, 0.15) is 0 Å². The Morgan fingerprint density at radius 3 is 2.34 bits per heavy atom. The number of aromatic nitrogens is 2. The van der Waals surface area contributed by atoms with Gasteiger partial charge in [0.2, 0.25) is 0 Å². The van der Waals surface area contributed by atoms with E-state index in [-0.39, 0.29) is 5.91 Å². The minimum atomic E-state index is -0.460. The molecule has 3 aromatic carbocycles. The van der Waals surface area contributed by atoms with Crippen LogP contribution in [-0.2, 0) is 16.1 Å². The minimum absolute atomic E-state index is 0.254. The zero-order valence-corrected chi connectivity index (χ0v) is 21.6. The molecule has 0 spiro atoms. The predicted octanol–water partition coefficient (Wildman–Crippen LogP) is 5.19. The molecule has 2 N–H and O–H groups in total. The van der Waals surface area contributed by atoms with Crippen LogP contribution in [0.1, 0.15) is 40.9 Å². The Labute approximate surface area is 221 Å². The quantitative estimate of drug-likeness (QED) is 0.250. The molecular weight excluding hydrogens is 478 g/mol. The molecule has 2 heterocycles. The largest absolute Gasteiger partial charge is 0.465 e. The lowest BCUT2D eigenvalue weighted by molar-refractivity contribution is -0.110. The average Bonchev–Trinajstić information content (AvgIpc) is 3.29. The third-order valence-electron chi connectivity index (χ3n) is 6.79. The molecular formula is C30H29N5O3. The fraction of sp³-hybridized carbons (Fsp3) is 0.200. The lowest BCUT2D eigenvalue weighted by Crippen LogP contribution is -2.22. The number of nitrogens with zero attached hydrogens (tertiary/aromatic N) is 3. The van der Waals surface area contributed by atoms with Crippen molar-refractivity contribution in [2.75, 3.05) is 30.8 Å². The van der Waals surface area contributed by atoms with Crippen molar-refractivity contribution >= 4 is 45.3 Å². The Hall–Kier alpha value is -4.56. The molecule has 0 unspecified atom stereocenters. The van der Waals surface area contributed by atoms with Crippen LogP contribution in [0.2, 0.25) is 0 Å². The summed E-state index contributed by atoms with van der Waals surface area (Å²) in [7, 11) is 1.33. The zero-order valence-electron chi connectivity index (χ0n) is 21.6. The third kappa shape index (κ3) is 4.99. The van der Waals surface area contributed by atoms with E-state index < -0.39 is 5.97 Å². The molecule has 0 fully saturated rings. The lowest BCUT2D eigenvalue weighted by Gasteiger charge is -2.19. The van der Waals surface area contributed by atoms with Crippen LogP contribution in [-0.4, -0.2) is 47.2 Å². The number of benzene rings is 3. The first kappa shape index (κ1) is 25.1. The van der Waals surface area contributed by atoms with Gasteiger partial charge in [-0.2, -0.15) is 10.2 Å². The van der Waals surface area contributed by atoms with Crippen LogP contribution in [0.25, 0.3) is 22.0 Å². The summed E-state index contributed by atoms with van der Waals surface area (Å²) < 4.78 is 4.84. The van der Waals surface area contributed by atoms with Gasteiger partial charge in [-0.1, -0.05) is 44.2 Å². The molecule has 5 rings (SSSR count). The first-order valence-electron chi connectivity index (χ1n) is 12.6. The Bertz CT molecular complexity index is 1540. The highest BCUT2D eigenvalue weighted by molar-refractivity contribution is 6.37. The predicted molar refractivity (Wildman–Crippen MR) is 149 cm³/mol. The normalized spacial score (nSPS) is 13.8. The van der Waals surface area contributed by atoms with Gasteiger partial charge in [0, 0.05) is 28.6 Å². The molecule has 0 radical (unpaired) electrons. The van der Waals surface area contributed by atoms with E-state index in [2.05, 4.69) is 51.7 Å². The number of rotatable bonds is 8. The van der Waals surface area contributed by atoms with Gasteiger partial charge in [-0.15, -0.1) is 0 Å². The van der Waals surface area contributed by atoms with E-state index in [1.807, 2.05) is 30.3 Å². The molecule has 4 aromatic rings. The summed E-state index contributed by atoms with van der Waals surface area (Å²) in [5, 5.41) is 16.3. The molecule has 0 atom stereocenters. The molecule has 1 aliphatic heterocycles. The molecule has 192 valence electrons. The van der Waals surface area contributed by atoms with E-state index in [1.165, 1.54) is 12.7 Å². The summed E-state index contributed by atoms with van der Waals surface area (Å²) in [6.07, 6.45) is 3.41. The van der Waals surface area contributed by atoms with Crippen molar-refractivity contribution in [3.05, 3.63) is 95.3 Å². The van der Waals surface area contributed by atoms with Crippen molar-refractivity contribution in [1.82, 2.24) is 15.1 Å². The average molecular weight is 508 g/mol. The molecule has 1 aliphatic rings. The molecule has 0 bridgehead atoms. The third-order valence-corrected chi connectivity index (χ3v) is 6.79. The van der Waals surface area contributed by atoms with E-state index in [0.717, 1.165) is 41.7 Å². The highest BCUT2D eigenvalue weighted by atomic mass is 16.5. The Morgan fingerprint density at radius 1 is 0.921 bits per heavy atom. The number of methoxy groups -OCH3 is 1. The highest BCUT2D eigenvalue weighted by Gasteiger charge is 2.29. The SMILES string of the molecule is CCN(CC)Cc1ccc(N/C(=C2\C(=O)Nc3cc(C(=O)OC)ccc32)c2ccc3cnncc3c2)cc1. The number of carbonyl (C=O) groups is 2. The van der Waals surface area contributed by atoms with Crippen LogP contribution in [0.4, 0.5) is 11.4 Å². The number of ether oxygens (including phenoxy) is 1. The fourth-order valence-electron chi connectivity index (χ4n) is 4.64. The molecule has 0 saturated heterocycles. The second kappa shape index (κ2) is 10.8. The number of hydrogen-bond donors (Lipinski definition) is 2. The Kier molecular flexibility index (Phi) is 7.15. The maximum atomic E-state index is 13.3. The number of fused-ring (bicyclic) bond motifs is 2. The van der Waals surface area contributed by atoms with Crippen molar-refractivity contribution in [1.29, 1.82) is 0 Å². The summed E-state index contributed by atoms with van der Waals surface area (Å²) in [5.74, 6) is -0.714. The maximum absolute atomic E-state index is 13.3. The van der Waals surface area contributed by atoms with Crippen LogP contribution in [0.5, 0.6) is 0 Å².